The fourth-order valence-corrected chi connectivity index (χ4v) is 2.02. The Morgan fingerprint density at radius 3 is 2.60 bits per heavy atom. The summed E-state index contributed by atoms with van der Waals surface area (Å²) in [7, 11) is -2.31. The van der Waals surface area contributed by atoms with Gasteiger partial charge in [0.15, 0.2) is 0 Å². The Labute approximate surface area is 91.9 Å². The molecule has 1 aromatic rings. The first kappa shape index (κ1) is 11.9. The highest BCUT2D eigenvalue weighted by Crippen LogP contribution is 2.05. The van der Waals surface area contributed by atoms with E-state index in [1.807, 2.05) is 37.3 Å². The molecule has 1 aromatic carbocycles. The normalized spacial score (nSPS) is 11.9. The van der Waals surface area contributed by atoms with Crippen LogP contribution in [0.5, 0.6) is 0 Å². The molecule has 0 saturated carbocycles. The summed E-state index contributed by atoms with van der Waals surface area (Å²) in [5.74, 6) is 0. The molecule has 0 aromatic heterocycles. The van der Waals surface area contributed by atoms with Gasteiger partial charge in [0.05, 0.1) is 12.7 Å². The van der Waals surface area contributed by atoms with E-state index in [1.54, 1.807) is 6.92 Å². The van der Waals surface area contributed by atoms with Crippen LogP contribution in [0, 0.1) is 0 Å². The molecule has 15 heavy (non-hydrogen) atoms. The summed E-state index contributed by atoms with van der Waals surface area (Å²) in [6.45, 7) is 4.12. The van der Waals surface area contributed by atoms with Crippen molar-refractivity contribution in [3.63, 3.8) is 0 Å². The fraction of sp³-hybridized carbons (Fsp3) is 0.455. The van der Waals surface area contributed by atoms with Gasteiger partial charge in [-0.05, 0) is 19.4 Å². The molecule has 0 aliphatic rings. The molecule has 1 atom stereocenters. The third-order valence-electron chi connectivity index (χ3n) is 1.93. The highest BCUT2D eigenvalue weighted by Gasteiger charge is 2.14. The van der Waals surface area contributed by atoms with Crippen molar-refractivity contribution in [2.75, 3.05) is 6.61 Å². The molecule has 3 nitrogen and oxygen atoms in total. The first-order chi connectivity index (χ1) is 7.22. The molecule has 1 unspecified atom stereocenters. The molecule has 0 aliphatic carbocycles. The number of rotatable bonds is 6. The highest BCUT2D eigenvalue weighted by atomic mass is 28.3. The van der Waals surface area contributed by atoms with Gasteiger partial charge >= 0.3 is 9.17 Å². The summed E-state index contributed by atoms with van der Waals surface area (Å²) in [4.78, 5) is 0. The van der Waals surface area contributed by atoms with Crippen LogP contribution in [-0.4, -0.2) is 21.9 Å². The van der Waals surface area contributed by atoms with E-state index in [0.29, 0.717) is 6.61 Å². The Bertz CT molecular complexity index is 300. The predicted molar refractivity (Wildman–Crippen MR) is 58.8 cm³/mol. The molecule has 0 radical (unpaired) electrons. The largest absolute Gasteiger partial charge is 0.767 e. The van der Waals surface area contributed by atoms with Crippen molar-refractivity contribution in [3.8, 4) is 0 Å². The molecule has 0 spiro atoms. The van der Waals surface area contributed by atoms with Crippen molar-refractivity contribution in [1.82, 2.24) is 0 Å². The zero-order chi connectivity index (χ0) is 11.1. The van der Waals surface area contributed by atoms with E-state index in [4.69, 9.17) is 8.85 Å². The van der Waals surface area contributed by atoms with E-state index >= 15 is 0 Å². The van der Waals surface area contributed by atoms with Gasteiger partial charge in [-0.3, -0.25) is 4.46 Å². The fourth-order valence-electron chi connectivity index (χ4n) is 1.30. The molecule has 0 fully saturated rings. The molecule has 0 amide bonds. The van der Waals surface area contributed by atoms with Crippen molar-refractivity contribution in [2.45, 2.75) is 26.4 Å². The molecule has 0 heterocycles. The topological polar surface area (TPSA) is 35.5 Å². The molecule has 0 aliphatic heterocycles. The predicted octanol–water partition coefficient (Wildman–Crippen LogP) is 2.09. The average Bonchev–Trinajstić information content (AvgIpc) is 2.19. The summed E-state index contributed by atoms with van der Waals surface area (Å²) in [6, 6.07) is 9.98. The summed E-state index contributed by atoms with van der Waals surface area (Å²) in [5.41, 5.74) is 1.18. The number of hydrogen-bond donors (Lipinski definition) is 0. The van der Waals surface area contributed by atoms with Gasteiger partial charge in [0.25, 0.3) is 0 Å². The number of benzene rings is 1. The smallest absolute Gasteiger partial charge is 0.496 e. The maximum atomic E-state index is 11.2. The van der Waals surface area contributed by atoms with Crippen molar-refractivity contribution >= 4 is 9.17 Å². The summed E-state index contributed by atoms with van der Waals surface area (Å²) < 4.78 is 21.3. The molecule has 1 rings (SSSR count). The third kappa shape index (κ3) is 4.74. The quantitative estimate of drug-likeness (QED) is 0.694. The van der Waals surface area contributed by atoms with Crippen LogP contribution in [0.3, 0.4) is 0 Å². The van der Waals surface area contributed by atoms with Gasteiger partial charge in [-0.25, -0.2) is 0 Å². The summed E-state index contributed by atoms with van der Waals surface area (Å²) in [6.07, 6.45) is 0.676. The SMILES string of the molecule is CCO[Si](=O)OC(C)Cc1ccccc1. The van der Waals surface area contributed by atoms with Crippen LogP contribution in [0.25, 0.3) is 0 Å². The van der Waals surface area contributed by atoms with E-state index in [1.165, 1.54) is 5.56 Å². The minimum absolute atomic E-state index is 0.0784. The van der Waals surface area contributed by atoms with Crippen LogP contribution < -0.4 is 0 Å². The molecule has 0 saturated heterocycles. The minimum Gasteiger partial charge on any atom is -0.496 e. The van der Waals surface area contributed by atoms with Gasteiger partial charge < -0.3 is 8.85 Å². The third-order valence-corrected chi connectivity index (χ3v) is 3.04. The van der Waals surface area contributed by atoms with Crippen molar-refractivity contribution in [2.24, 2.45) is 0 Å². The van der Waals surface area contributed by atoms with Crippen molar-refractivity contribution < 1.29 is 13.3 Å². The lowest BCUT2D eigenvalue weighted by molar-refractivity contribution is 0.129. The monoisotopic (exact) mass is 224 g/mol. The van der Waals surface area contributed by atoms with Gasteiger partial charge in [0.1, 0.15) is 0 Å². The van der Waals surface area contributed by atoms with Crippen LogP contribution in [0.15, 0.2) is 30.3 Å². The molecule has 0 bridgehead atoms. The highest BCUT2D eigenvalue weighted by molar-refractivity contribution is 6.26. The summed E-state index contributed by atoms with van der Waals surface area (Å²) in [5, 5.41) is 0. The molecule has 82 valence electrons. The maximum absolute atomic E-state index is 11.2. The van der Waals surface area contributed by atoms with E-state index in [9.17, 15) is 4.46 Å². The lowest BCUT2D eigenvalue weighted by Gasteiger charge is -2.12. The first-order valence-corrected chi connectivity index (χ1v) is 6.32. The second-order valence-electron chi connectivity index (χ2n) is 3.30. The van der Waals surface area contributed by atoms with Crippen LogP contribution >= 0.6 is 0 Å². The molecule has 0 N–H and O–H groups in total. The Hall–Kier alpha value is -1.16. The van der Waals surface area contributed by atoms with E-state index in [-0.39, 0.29) is 6.10 Å². The Morgan fingerprint density at radius 2 is 2.00 bits per heavy atom. The van der Waals surface area contributed by atoms with E-state index in [2.05, 4.69) is 0 Å². The van der Waals surface area contributed by atoms with Crippen LogP contribution in [0.1, 0.15) is 19.4 Å². The lowest BCUT2D eigenvalue weighted by Crippen LogP contribution is -2.21. The molecular formula is C11H16O3Si. The van der Waals surface area contributed by atoms with Gasteiger partial charge in [-0.2, -0.15) is 0 Å². The van der Waals surface area contributed by atoms with Crippen LogP contribution in [0.4, 0.5) is 0 Å². The van der Waals surface area contributed by atoms with Gasteiger partial charge in [-0.1, -0.05) is 30.3 Å². The zero-order valence-electron chi connectivity index (χ0n) is 9.10. The maximum Gasteiger partial charge on any atom is 0.767 e. The van der Waals surface area contributed by atoms with Gasteiger partial charge in [0.2, 0.25) is 0 Å². The average molecular weight is 224 g/mol. The van der Waals surface area contributed by atoms with Crippen LogP contribution in [-0.2, 0) is 19.7 Å². The van der Waals surface area contributed by atoms with Crippen molar-refractivity contribution in [3.05, 3.63) is 35.9 Å². The summed E-state index contributed by atoms with van der Waals surface area (Å²) >= 11 is 0. The van der Waals surface area contributed by atoms with Crippen LogP contribution in [0.2, 0.25) is 0 Å². The van der Waals surface area contributed by atoms with Gasteiger partial charge in [-0.15, -0.1) is 0 Å². The molecule has 4 heteroatoms. The second kappa shape index (κ2) is 6.34. The second-order valence-corrected chi connectivity index (χ2v) is 4.33. The minimum atomic E-state index is -2.31. The number of hydrogen-bond acceptors (Lipinski definition) is 3. The molecular weight excluding hydrogens is 208 g/mol. The Morgan fingerprint density at radius 1 is 1.33 bits per heavy atom. The van der Waals surface area contributed by atoms with Gasteiger partial charge in [0, 0.05) is 6.42 Å². The van der Waals surface area contributed by atoms with E-state index < -0.39 is 9.17 Å². The zero-order valence-corrected chi connectivity index (χ0v) is 10.1. The first-order valence-electron chi connectivity index (χ1n) is 5.09. The Kier molecular flexibility index (Phi) is 5.04. The standard InChI is InChI=1S/C11H16O3Si/c1-3-13-15(12)14-10(2)9-11-7-5-4-6-8-11/h4-8,10H,3,9H2,1-2H3. The Balaban J connectivity index is 2.36. The van der Waals surface area contributed by atoms with Crippen molar-refractivity contribution in [1.29, 1.82) is 0 Å². The van der Waals surface area contributed by atoms with E-state index in [0.717, 1.165) is 6.42 Å². The lowest BCUT2D eigenvalue weighted by atomic mass is 10.1.